The van der Waals surface area contributed by atoms with Gasteiger partial charge < -0.3 is 15.4 Å². The maximum Gasteiger partial charge on any atom is 0.160 e. The van der Waals surface area contributed by atoms with Gasteiger partial charge in [0.2, 0.25) is 0 Å². The van der Waals surface area contributed by atoms with Gasteiger partial charge in [-0.1, -0.05) is 0 Å². The Bertz CT molecular complexity index is 563. The first-order valence-corrected chi connectivity index (χ1v) is 6.55. The van der Waals surface area contributed by atoms with E-state index in [1.165, 1.54) is 0 Å². The van der Waals surface area contributed by atoms with Crippen molar-refractivity contribution >= 4 is 22.4 Å². The number of hydrogen-bond donors (Lipinski definition) is 1. The van der Waals surface area contributed by atoms with Crippen LogP contribution in [0.4, 0.5) is 11.4 Å². The molecule has 0 atom stereocenters. The van der Waals surface area contributed by atoms with Crippen LogP contribution in [0.2, 0.25) is 0 Å². The van der Waals surface area contributed by atoms with Gasteiger partial charge in [0.1, 0.15) is 0 Å². The van der Waals surface area contributed by atoms with Gasteiger partial charge in [0.15, 0.2) is 11.0 Å². The molecule has 0 radical (unpaired) electrons. The summed E-state index contributed by atoms with van der Waals surface area (Å²) >= 11 is 0. The first kappa shape index (κ1) is 12.2. The highest BCUT2D eigenvalue weighted by molar-refractivity contribution is 5.95. The summed E-state index contributed by atoms with van der Waals surface area (Å²) in [6, 6.07) is 3.82. The highest BCUT2D eigenvalue weighted by atomic mass is 16.6. The Labute approximate surface area is 111 Å². The minimum atomic E-state index is 0.597. The number of fused-ring (bicyclic) bond motifs is 1. The number of nitrogens with two attached hydrogens (primary N) is 1. The fourth-order valence-electron chi connectivity index (χ4n) is 2.60. The molecule has 0 saturated carbocycles. The van der Waals surface area contributed by atoms with Gasteiger partial charge in [-0.2, -0.15) is 0 Å². The molecule has 1 fully saturated rings. The van der Waals surface area contributed by atoms with Crippen LogP contribution in [-0.4, -0.2) is 37.1 Å². The van der Waals surface area contributed by atoms with E-state index in [1.54, 1.807) is 0 Å². The summed E-state index contributed by atoms with van der Waals surface area (Å²) < 4.78 is 10.2. The summed E-state index contributed by atoms with van der Waals surface area (Å²) in [5, 5.41) is 7.81. The third-order valence-corrected chi connectivity index (χ3v) is 3.71. The number of rotatable bonds is 3. The van der Waals surface area contributed by atoms with E-state index in [0.717, 1.165) is 43.8 Å². The quantitative estimate of drug-likeness (QED) is 0.848. The lowest BCUT2D eigenvalue weighted by Gasteiger charge is -2.28. The Balaban J connectivity index is 1.82. The molecule has 0 unspecified atom stereocenters. The van der Waals surface area contributed by atoms with E-state index in [4.69, 9.17) is 15.1 Å². The van der Waals surface area contributed by atoms with Gasteiger partial charge in [-0.25, -0.2) is 4.63 Å². The molecular formula is C13H18N4O2. The summed E-state index contributed by atoms with van der Waals surface area (Å²) in [5.74, 6) is 0.659. The normalized spacial score (nSPS) is 16.9. The van der Waals surface area contributed by atoms with Crippen LogP contribution < -0.4 is 10.6 Å². The Kier molecular flexibility index (Phi) is 3.25. The number of ether oxygens (including phenoxy) is 1. The zero-order valence-electron chi connectivity index (χ0n) is 11.0. The third-order valence-electron chi connectivity index (χ3n) is 3.71. The summed E-state index contributed by atoms with van der Waals surface area (Å²) in [7, 11) is 2.06. The highest BCUT2D eigenvalue weighted by Gasteiger charge is 2.19. The summed E-state index contributed by atoms with van der Waals surface area (Å²) in [5.41, 5.74) is 8.83. The molecule has 1 aromatic carbocycles. The van der Waals surface area contributed by atoms with E-state index in [2.05, 4.69) is 22.3 Å². The lowest BCUT2D eigenvalue weighted by atomic mass is 9.99. The van der Waals surface area contributed by atoms with Crippen molar-refractivity contribution in [2.24, 2.45) is 5.92 Å². The van der Waals surface area contributed by atoms with Crippen LogP contribution in [0.1, 0.15) is 12.8 Å². The molecule has 19 heavy (non-hydrogen) atoms. The van der Waals surface area contributed by atoms with E-state index in [1.807, 2.05) is 12.1 Å². The number of nitrogen functional groups attached to an aromatic ring is 1. The standard InChI is InChI=1S/C13H18N4O2/c1-17(8-9-4-6-18-7-5-9)11-3-2-10(14)12-13(11)16-19-15-12/h2-3,9H,4-8,14H2,1H3. The number of aromatic nitrogens is 2. The number of anilines is 2. The molecule has 1 aliphatic heterocycles. The van der Waals surface area contributed by atoms with Gasteiger partial charge in [0.25, 0.3) is 0 Å². The van der Waals surface area contributed by atoms with Gasteiger partial charge >= 0.3 is 0 Å². The Morgan fingerprint density at radius 2 is 2.00 bits per heavy atom. The molecule has 0 aliphatic carbocycles. The molecule has 0 bridgehead atoms. The topological polar surface area (TPSA) is 77.4 Å². The van der Waals surface area contributed by atoms with Crippen LogP contribution in [0.15, 0.2) is 16.8 Å². The predicted molar refractivity (Wildman–Crippen MR) is 73.0 cm³/mol. The molecule has 2 aromatic rings. The van der Waals surface area contributed by atoms with Crippen molar-refractivity contribution in [3.63, 3.8) is 0 Å². The number of nitrogens with zero attached hydrogens (tertiary/aromatic N) is 3. The Morgan fingerprint density at radius 3 is 2.79 bits per heavy atom. The summed E-state index contributed by atoms with van der Waals surface area (Å²) in [6.07, 6.45) is 2.22. The fourth-order valence-corrected chi connectivity index (χ4v) is 2.60. The van der Waals surface area contributed by atoms with Crippen molar-refractivity contribution in [2.75, 3.05) is 37.4 Å². The first-order chi connectivity index (χ1) is 9.25. The second-order valence-electron chi connectivity index (χ2n) is 5.07. The van der Waals surface area contributed by atoms with E-state index in [-0.39, 0.29) is 0 Å². The summed E-state index contributed by atoms with van der Waals surface area (Å²) in [4.78, 5) is 2.20. The predicted octanol–water partition coefficient (Wildman–Crippen LogP) is 1.67. The molecule has 6 heteroatoms. The van der Waals surface area contributed by atoms with Crippen LogP contribution in [0, 0.1) is 5.92 Å². The molecule has 0 spiro atoms. The van der Waals surface area contributed by atoms with Crippen LogP contribution >= 0.6 is 0 Å². The SMILES string of the molecule is CN(CC1CCOCC1)c1ccc(N)c2nonc12. The first-order valence-electron chi connectivity index (χ1n) is 6.55. The molecule has 0 amide bonds. The molecule has 6 nitrogen and oxygen atoms in total. The lowest BCUT2D eigenvalue weighted by molar-refractivity contribution is 0.0685. The van der Waals surface area contributed by atoms with Gasteiger partial charge in [-0.3, -0.25) is 0 Å². The molecule has 1 saturated heterocycles. The van der Waals surface area contributed by atoms with Crippen LogP contribution in [0.25, 0.3) is 11.0 Å². The molecule has 2 N–H and O–H groups in total. The molecule has 3 rings (SSSR count). The minimum absolute atomic E-state index is 0.597. The molecule has 2 heterocycles. The van der Waals surface area contributed by atoms with Crippen molar-refractivity contribution < 1.29 is 9.37 Å². The zero-order valence-corrected chi connectivity index (χ0v) is 11.0. The van der Waals surface area contributed by atoms with Gasteiger partial charge in [-0.15, -0.1) is 0 Å². The van der Waals surface area contributed by atoms with Crippen LogP contribution in [0.3, 0.4) is 0 Å². The average Bonchev–Trinajstić information content (AvgIpc) is 2.90. The maximum absolute atomic E-state index is 5.86. The second-order valence-corrected chi connectivity index (χ2v) is 5.07. The Morgan fingerprint density at radius 1 is 1.26 bits per heavy atom. The number of hydrogen-bond acceptors (Lipinski definition) is 6. The van der Waals surface area contributed by atoms with E-state index in [0.29, 0.717) is 17.1 Å². The number of benzene rings is 1. The van der Waals surface area contributed by atoms with Gasteiger partial charge in [0, 0.05) is 26.8 Å². The van der Waals surface area contributed by atoms with E-state index < -0.39 is 0 Å². The molecule has 1 aliphatic rings. The van der Waals surface area contributed by atoms with E-state index in [9.17, 15) is 0 Å². The van der Waals surface area contributed by atoms with E-state index >= 15 is 0 Å². The molecule has 102 valence electrons. The van der Waals surface area contributed by atoms with Crippen LogP contribution in [-0.2, 0) is 4.74 Å². The second kappa shape index (κ2) is 5.05. The van der Waals surface area contributed by atoms with Crippen molar-refractivity contribution in [3.8, 4) is 0 Å². The fraction of sp³-hybridized carbons (Fsp3) is 0.538. The van der Waals surface area contributed by atoms with Crippen LogP contribution in [0.5, 0.6) is 0 Å². The lowest BCUT2D eigenvalue weighted by Crippen LogP contribution is -2.29. The van der Waals surface area contributed by atoms with Crippen molar-refractivity contribution in [1.82, 2.24) is 10.3 Å². The molecular weight excluding hydrogens is 244 g/mol. The molecule has 1 aromatic heterocycles. The highest BCUT2D eigenvalue weighted by Crippen LogP contribution is 2.29. The van der Waals surface area contributed by atoms with Gasteiger partial charge in [0.05, 0.1) is 11.4 Å². The van der Waals surface area contributed by atoms with Crippen molar-refractivity contribution in [2.45, 2.75) is 12.8 Å². The smallest absolute Gasteiger partial charge is 0.160 e. The maximum atomic E-state index is 5.86. The summed E-state index contributed by atoms with van der Waals surface area (Å²) in [6.45, 7) is 2.71. The van der Waals surface area contributed by atoms with Gasteiger partial charge in [-0.05, 0) is 41.2 Å². The van der Waals surface area contributed by atoms with Crippen molar-refractivity contribution in [3.05, 3.63) is 12.1 Å². The van der Waals surface area contributed by atoms with Crippen molar-refractivity contribution in [1.29, 1.82) is 0 Å². The monoisotopic (exact) mass is 262 g/mol. The average molecular weight is 262 g/mol. The Hall–Kier alpha value is -1.82. The third kappa shape index (κ3) is 2.35. The zero-order chi connectivity index (χ0) is 13.2. The largest absolute Gasteiger partial charge is 0.397 e. The minimum Gasteiger partial charge on any atom is -0.397 e.